The number of benzene rings is 2. The molecular formula is C15H15. The monoisotopic (exact) mass is 195 g/mol. The molecule has 0 aliphatic heterocycles. The normalized spacial score (nSPS) is 10.2. The molecule has 2 aromatic rings. The lowest BCUT2D eigenvalue weighted by Crippen LogP contribution is -1.85. The molecule has 75 valence electrons. The average molecular weight is 195 g/mol. The largest absolute Gasteiger partial charge is 0.0622 e. The van der Waals surface area contributed by atoms with Crippen molar-refractivity contribution >= 4 is 0 Å². The molecule has 0 saturated carbocycles. The minimum atomic E-state index is 1.10. The highest BCUT2D eigenvalue weighted by Crippen LogP contribution is 2.12. The Morgan fingerprint density at radius 3 is 2.00 bits per heavy atom. The SMILES string of the molecule is CCc1ccc([CH]c2ccccc2)cc1. The molecule has 0 nitrogen and oxygen atoms in total. The van der Waals surface area contributed by atoms with E-state index in [1.807, 2.05) is 6.07 Å². The van der Waals surface area contributed by atoms with E-state index in [1.165, 1.54) is 16.7 Å². The lowest BCUT2D eigenvalue weighted by atomic mass is 10.0. The quantitative estimate of drug-likeness (QED) is 0.697. The van der Waals surface area contributed by atoms with E-state index in [-0.39, 0.29) is 0 Å². The third kappa shape index (κ3) is 2.69. The Hall–Kier alpha value is -1.56. The predicted molar refractivity (Wildman–Crippen MR) is 64.8 cm³/mol. The molecule has 0 heterocycles. The second-order valence-electron chi connectivity index (χ2n) is 3.65. The molecule has 0 aliphatic rings. The van der Waals surface area contributed by atoms with Crippen molar-refractivity contribution in [1.82, 2.24) is 0 Å². The van der Waals surface area contributed by atoms with Gasteiger partial charge in [-0.2, -0.15) is 0 Å². The Morgan fingerprint density at radius 1 is 0.800 bits per heavy atom. The van der Waals surface area contributed by atoms with Gasteiger partial charge in [0.1, 0.15) is 0 Å². The van der Waals surface area contributed by atoms with Gasteiger partial charge >= 0.3 is 0 Å². The summed E-state index contributed by atoms with van der Waals surface area (Å²) in [5, 5.41) is 0. The van der Waals surface area contributed by atoms with Crippen molar-refractivity contribution in [3.63, 3.8) is 0 Å². The van der Waals surface area contributed by atoms with Crippen LogP contribution in [0.2, 0.25) is 0 Å². The van der Waals surface area contributed by atoms with Crippen molar-refractivity contribution in [2.24, 2.45) is 0 Å². The van der Waals surface area contributed by atoms with Crippen molar-refractivity contribution in [2.75, 3.05) is 0 Å². The first kappa shape index (κ1) is 9.97. The maximum Gasteiger partial charge on any atom is 0.0199 e. The summed E-state index contributed by atoms with van der Waals surface area (Å²) in [6.45, 7) is 2.18. The van der Waals surface area contributed by atoms with Gasteiger partial charge in [-0.25, -0.2) is 0 Å². The van der Waals surface area contributed by atoms with Crippen LogP contribution in [0.3, 0.4) is 0 Å². The Labute approximate surface area is 91.6 Å². The average Bonchev–Trinajstić information content (AvgIpc) is 2.31. The zero-order valence-corrected chi connectivity index (χ0v) is 8.98. The van der Waals surface area contributed by atoms with E-state index in [0.29, 0.717) is 0 Å². The summed E-state index contributed by atoms with van der Waals surface area (Å²) in [6, 6.07) is 19.1. The first-order valence-corrected chi connectivity index (χ1v) is 5.37. The smallest absolute Gasteiger partial charge is 0.0199 e. The van der Waals surface area contributed by atoms with Crippen LogP contribution in [0, 0.1) is 6.42 Å². The molecule has 0 amide bonds. The summed E-state index contributed by atoms with van der Waals surface area (Å²) < 4.78 is 0. The van der Waals surface area contributed by atoms with Gasteiger partial charge in [0, 0.05) is 6.42 Å². The maximum atomic E-state index is 2.19. The maximum absolute atomic E-state index is 2.19. The molecule has 15 heavy (non-hydrogen) atoms. The fraction of sp³-hybridized carbons (Fsp3) is 0.133. The zero-order valence-electron chi connectivity index (χ0n) is 8.98. The van der Waals surface area contributed by atoms with Gasteiger partial charge in [0.2, 0.25) is 0 Å². The van der Waals surface area contributed by atoms with Crippen molar-refractivity contribution in [3.05, 3.63) is 77.7 Å². The van der Waals surface area contributed by atoms with Crippen molar-refractivity contribution < 1.29 is 0 Å². The molecule has 0 aromatic heterocycles. The van der Waals surface area contributed by atoms with Crippen LogP contribution in [0.15, 0.2) is 54.6 Å². The minimum Gasteiger partial charge on any atom is -0.0622 e. The molecule has 2 aromatic carbocycles. The third-order valence-corrected chi connectivity index (χ3v) is 2.52. The van der Waals surface area contributed by atoms with E-state index >= 15 is 0 Å². The first-order valence-electron chi connectivity index (χ1n) is 5.37. The van der Waals surface area contributed by atoms with Gasteiger partial charge < -0.3 is 0 Å². The highest BCUT2D eigenvalue weighted by Gasteiger charge is 1.95. The zero-order chi connectivity index (χ0) is 10.5. The van der Waals surface area contributed by atoms with Gasteiger partial charge in [0.25, 0.3) is 0 Å². The van der Waals surface area contributed by atoms with E-state index in [9.17, 15) is 0 Å². The van der Waals surface area contributed by atoms with Crippen LogP contribution in [-0.4, -0.2) is 0 Å². The summed E-state index contributed by atoms with van der Waals surface area (Å²) in [5.41, 5.74) is 3.90. The van der Waals surface area contributed by atoms with E-state index in [1.54, 1.807) is 0 Å². The second-order valence-corrected chi connectivity index (χ2v) is 3.65. The van der Waals surface area contributed by atoms with Crippen LogP contribution >= 0.6 is 0 Å². The van der Waals surface area contributed by atoms with Gasteiger partial charge in [-0.05, 0) is 23.1 Å². The van der Waals surface area contributed by atoms with Crippen molar-refractivity contribution in [1.29, 1.82) is 0 Å². The Bertz CT molecular complexity index is 398. The molecule has 2 rings (SSSR count). The molecule has 0 unspecified atom stereocenters. The van der Waals surface area contributed by atoms with E-state index in [0.717, 1.165) is 6.42 Å². The van der Waals surface area contributed by atoms with E-state index < -0.39 is 0 Å². The Morgan fingerprint density at radius 2 is 1.40 bits per heavy atom. The molecule has 1 radical (unpaired) electrons. The Balaban J connectivity index is 2.11. The molecule has 0 heteroatoms. The van der Waals surface area contributed by atoms with Crippen LogP contribution in [-0.2, 0) is 6.42 Å². The fourth-order valence-electron chi connectivity index (χ4n) is 1.59. The third-order valence-electron chi connectivity index (χ3n) is 2.52. The van der Waals surface area contributed by atoms with Gasteiger partial charge in [-0.15, -0.1) is 0 Å². The topological polar surface area (TPSA) is 0 Å². The molecule has 0 atom stereocenters. The van der Waals surface area contributed by atoms with Crippen LogP contribution in [0.1, 0.15) is 23.6 Å². The molecule has 0 bridgehead atoms. The first-order chi connectivity index (χ1) is 7.38. The molecule has 0 N–H and O–H groups in total. The van der Waals surface area contributed by atoms with E-state index in [4.69, 9.17) is 0 Å². The van der Waals surface area contributed by atoms with Gasteiger partial charge in [0.05, 0.1) is 0 Å². The molecule has 0 spiro atoms. The van der Waals surface area contributed by atoms with Crippen LogP contribution < -0.4 is 0 Å². The highest BCUT2D eigenvalue weighted by atomic mass is 14.0. The highest BCUT2D eigenvalue weighted by molar-refractivity contribution is 5.37. The standard InChI is InChI=1S/C15H15/c1-2-13-8-10-15(11-9-13)12-14-6-4-3-5-7-14/h3-12H,2H2,1H3. The summed E-state index contributed by atoms with van der Waals surface area (Å²) in [4.78, 5) is 0. The molecular weight excluding hydrogens is 180 g/mol. The Kier molecular flexibility index (Phi) is 3.18. The van der Waals surface area contributed by atoms with E-state index in [2.05, 4.69) is 61.9 Å². The number of aryl methyl sites for hydroxylation is 1. The van der Waals surface area contributed by atoms with Gasteiger partial charge in [-0.1, -0.05) is 61.5 Å². The summed E-state index contributed by atoms with van der Waals surface area (Å²) in [6.07, 6.45) is 3.30. The fourth-order valence-corrected chi connectivity index (χ4v) is 1.59. The molecule has 0 aliphatic carbocycles. The summed E-state index contributed by atoms with van der Waals surface area (Å²) in [5.74, 6) is 0. The lowest BCUT2D eigenvalue weighted by Gasteiger charge is -2.02. The van der Waals surface area contributed by atoms with Gasteiger partial charge in [0.15, 0.2) is 0 Å². The molecule has 0 fully saturated rings. The summed E-state index contributed by atoms with van der Waals surface area (Å²) >= 11 is 0. The predicted octanol–water partition coefficient (Wildman–Crippen LogP) is 3.85. The number of rotatable bonds is 3. The minimum absolute atomic E-state index is 1.10. The number of hydrogen-bond donors (Lipinski definition) is 0. The lowest BCUT2D eigenvalue weighted by molar-refractivity contribution is 1.14. The van der Waals surface area contributed by atoms with Crippen LogP contribution in [0.5, 0.6) is 0 Å². The van der Waals surface area contributed by atoms with Crippen LogP contribution in [0.4, 0.5) is 0 Å². The van der Waals surface area contributed by atoms with Crippen molar-refractivity contribution in [2.45, 2.75) is 13.3 Å². The van der Waals surface area contributed by atoms with Crippen molar-refractivity contribution in [3.8, 4) is 0 Å². The van der Waals surface area contributed by atoms with Gasteiger partial charge in [-0.3, -0.25) is 0 Å². The van der Waals surface area contributed by atoms with Crippen LogP contribution in [0.25, 0.3) is 0 Å². The number of hydrogen-bond acceptors (Lipinski definition) is 0. The second kappa shape index (κ2) is 4.79. The molecule has 0 saturated heterocycles. The summed E-state index contributed by atoms with van der Waals surface area (Å²) in [7, 11) is 0.